The SMILES string of the molecule is CCC(C)N(CC)CCCN1CCNCCN(Cc2ccccn2)CCNCC1. The van der Waals surface area contributed by atoms with Crippen LogP contribution in [0.15, 0.2) is 24.4 Å². The Morgan fingerprint density at radius 1 is 1.00 bits per heavy atom. The maximum Gasteiger partial charge on any atom is 0.0543 e. The molecule has 2 N–H and O–H groups in total. The van der Waals surface area contributed by atoms with Crippen LogP contribution in [0.25, 0.3) is 0 Å². The van der Waals surface area contributed by atoms with Gasteiger partial charge in [0.1, 0.15) is 0 Å². The highest BCUT2D eigenvalue weighted by Crippen LogP contribution is 2.05. The predicted octanol–water partition coefficient (Wildman–Crippen LogP) is 1.89. The van der Waals surface area contributed by atoms with Gasteiger partial charge in [-0.05, 0) is 51.5 Å². The zero-order chi connectivity index (χ0) is 20.7. The van der Waals surface area contributed by atoms with Crippen LogP contribution in [0.4, 0.5) is 0 Å². The molecule has 2 heterocycles. The number of rotatable bonds is 9. The van der Waals surface area contributed by atoms with Crippen LogP contribution in [-0.2, 0) is 6.54 Å². The zero-order valence-electron chi connectivity index (χ0n) is 19.1. The van der Waals surface area contributed by atoms with Crippen LogP contribution in [0.2, 0.25) is 0 Å². The summed E-state index contributed by atoms with van der Waals surface area (Å²) < 4.78 is 0. The molecule has 166 valence electrons. The highest BCUT2D eigenvalue weighted by atomic mass is 15.2. The van der Waals surface area contributed by atoms with E-state index in [9.17, 15) is 0 Å². The summed E-state index contributed by atoms with van der Waals surface area (Å²) in [6.45, 7) is 20.1. The van der Waals surface area contributed by atoms with Gasteiger partial charge in [0, 0.05) is 71.1 Å². The molecule has 1 aliphatic rings. The number of nitrogens with one attached hydrogen (secondary N) is 2. The summed E-state index contributed by atoms with van der Waals surface area (Å²) in [6.07, 6.45) is 4.39. The van der Waals surface area contributed by atoms with E-state index in [4.69, 9.17) is 0 Å². The molecule has 0 aromatic carbocycles. The average molecular weight is 405 g/mol. The number of hydrogen-bond acceptors (Lipinski definition) is 6. The Balaban J connectivity index is 1.71. The minimum absolute atomic E-state index is 0.698. The van der Waals surface area contributed by atoms with Gasteiger partial charge in [-0.2, -0.15) is 0 Å². The van der Waals surface area contributed by atoms with Crippen molar-refractivity contribution in [2.45, 2.75) is 46.2 Å². The third-order valence-electron chi connectivity index (χ3n) is 6.07. The van der Waals surface area contributed by atoms with Crippen molar-refractivity contribution in [1.82, 2.24) is 30.3 Å². The molecule has 1 aromatic heterocycles. The van der Waals surface area contributed by atoms with E-state index >= 15 is 0 Å². The highest BCUT2D eigenvalue weighted by Gasteiger charge is 2.12. The van der Waals surface area contributed by atoms with Gasteiger partial charge in [-0.25, -0.2) is 0 Å². The Morgan fingerprint density at radius 3 is 2.21 bits per heavy atom. The fraction of sp³-hybridized carbons (Fsp3) is 0.783. The molecule has 2 rings (SSSR count). The molecule has 6 heteroatoms. The van der Waals surface area contributed by atoms with Crippen LogP contribution in [-0.4, -0.2) is 97.7 Å². The molecule has 1 unspecified atom stereocenters. The Kier molecular flexibility index (Phi) is 12.4. The van der Waals surface area contributed by atoms with Gasteiger partial charge in [0.2, 0.25) is 0 Å². The standard InChI is InChI=1S/C23H44N6/c1-4-22(3)29(5-2)16-8-15-27-17-11-24-13-19-28(20-14-25-12-18-27)21-23-9-6-7-10-26-23/h6-7,9-10,22,24-25H,4-5,8,11-21H2,1-3H3. The van der Waals surface area contributed by atoms with Crippen LogP contribution in [0, 0.1) is 0 Å². The number of pyridine rings is 1. The van der Waals surface area contributed by atoms with Crippen LogP contribution < -0.4 is 10.6 Å². The topological polar surface area (TPSA) is 46.7 Å². The van der Waals surface area contributed by atoms with E-state index in [1.165, 1.54) is 25.9 Å². The summed E-state index contributed by atoms with van der Waals surface area (Å²) in [6, 6.07) is 6.88. The van der Waals surface area contributed by atoms with Gasteiger partial charge in [0.05, 0.1) is 5.69 Å². The third kappa shape index (κ3) is 10.0. The van der Waals surface area contributed by atoms with Crippen LogP contribution in [0.5, 0.6) is 0 Å². The van der Waals surface area contributed by atoms with E-state index in [1.807, 2.05) is 12.3 Å². The second-order valence-corrected chi connectivity index (χ2v) is 8.18. The lowest BCUT2D eigenvalue weighted by Gasteiger charge is -2.29. The van der Waals surface area contributed by atoms with Gasteiger partial charge < -0.3 is 20.4 Å². The maximum absolute atomic E-state index is 4.48. The van der Waals surface area contributed by atoms with Crippen LogP contribution >= 0.6 is 0 Å². The van der Waals surface area contributed by atoms with Crippen molar-refractivity contribution in [3.63, 3.8) is 0 Å². The fourth-order valence-corrected chi connectivity index (χ4v) is 3.97. The monoisotopic (exact) mass is 404 g/mol. The second kappa shape index (κ2) is 14.9. The molecule has 1 saturated heterocycles. The van der Waals surface area contributed by atoms with E-state index in [0.717, 1.165) is 71.1 Å². The van der Waals surface area contributed by atoms with Crippen molar-refractivity contribution in [2.24, 2.45) is 0 Å². The van der Waals surface area contributed by atoms with Crippen LogP contribution in [0.3, 0.4) is 0 Å². The first kappa shape index (κ1) is 24.2. The first-order valence-electron chi connectivity index (χ1n) is 11.7. The van der Waals surface area contributed by atoms with Crippen molar-refractivity contribution in [3.05, 3.63) is 30.1 Å². The van der Waals surface area contributed by atoms with Gasteiger partial charge in [0.15, 0.2) is 0 Å². The normalized spacial score (nSPS) is 19.6. The minimum atomic E-state index is 0.698. The molecule has 1 aliphatic heterocycles. The number of hydrogen-bond donors (Lipinski definition) is 2. The lowest BCUT2D eigenvalue weighted by molar-refractivity contribution is 0.189. The van der Waals surface area contributed by atoms with Crippen molar-refractivity contribution in [3.8, 4) is 0 Å². The molecule has 0 spiro atoms. The lowest BCUT2D eigenvalue weighted by atomic mass is 10.2. The second-order valence-electron chi connectivity index (χ2n) is 8.18. The Labute approximate surface area is 179 Å². The summed E-state index contributed by atoms with van der Waals surface area (Å²) in [5, 5.41) is 7.30. The summed E-state index contributed by atoms with van der Waals surface area (Å²) in [7, 11) is 0. The molecule has 0 amide bonds. The van der Waals surface area contributed by atoms with Crippen molar-refractivity contribution in [1.29, 1.82) is 0 Å². The molecule has 6 nitrogen and oxygen atoms in total. The number of aromatic nitrogens is 1. The fourth-order valence-electron chi connectivity index (χ4n) is 3.97. The summed E-state index contributed by atoms with van der Waals surface area (Å²) in [5.41, 5.74) is 1.16. The third-order valence-corrected chi connectivity index (χ3v) is 6.07. The van der Waals surface area contributed by atoms with Crippen molar-refractivity contribution < 1.29 is 0 Å². The minimum Gasteiger partial charge on any atom is -0.314 e. The zero-order valence-corrected chi connectivity index (χ0v) is 19.1. The molecule has 0 saturated carbocycles. The van der Waals surface area contributed by atoms with E-state index in [1.54, 1.807) is 0 Å². The largest absolute Gasteiger partial charge is 0.314 e. The Bertz CT molecular complexity index is 497. The van der Waals surface area contributed by atoms with Gasteiger partial charge in [-0.3, -0.25) is 9.88 Å². The molecule has 0 aliphatic carbocycles. The predicted molar refractivity (Wildman–Crippen MR) is 123 cm³/mol. The van der Waals surface area contributed by atoms with Gasteiger partial charge in [-0.15, -0.1) is 0 Å². The first-order chi connectivity index (χ1) is 14.2. The number of nitrogens with zero attached hydrogens (tertiary/aromatic N) is 4. The molecule has 1 fully saturated rings. The van der Waals surface area contributed by atoms with E-state index in [2.05, 4.69) is 63.2 Å². The van der Waals surface area contributed by atoms with Gasteiger partial charge in [0.25, 0.3) is 0 Å². The molecule has 0 bridgehead atoms. The highest BCUT2D eigenvalue weighted by molar-refractivity contribution is 5.03. The van der Waals surface area contributed by atoms with Crippen molar-refractivity contribution in [2.75, 3.05) is 72.0 Å². The van der Waals surface area contributed by atoms with Crippen LogP contribution in [0.1, 0.15) is 39.3 Å². The van der Waals surface area contributed by atoms with E-state index in [0.29, 0.717) is 6.04 Å². The first-order valence-corrected chi connectivity index (χ1v) is 11.7. The lowest BCUT2D eigenvalue weighted by Crippen LogP contribution is -2.43. The summed E-state index contributed by atoms with van der Waals surface area (Å²) in [5.74, 6) is 0. The Hall–Kier alpha value is -1.05. The maximum atomic E-state index is 4.48. The van der Waals surface area contributed by atoms with Crippen molar-refractivity contribution >= 4 is 0 Å². The molecular weight excluding hydrogens is 360 g/mol. The molecule has 1 aromatic rings. The summed E-state index contributed by atoms with van der Waals surface area (Å²) in [4.78, 5) is 12.2. The van der Waals surface area contributed by atoms with E-state index < -0.39 is 0 Å². The van der Waals surface area contributed by atoms with E-state index in [-0.39, 0.29) is 0 Å². The Morgan fingerprint density at radius 2 is 1.66 bits per heavy atom. The molecule has 0 radical (unpaired) electrons. The molecule has 29 heavy (non-hydrogen) atoms. The average Bonchev–Trinajstić information content (AvgIpc) is 2.74. The molecule has 1 atom stereocenters. The quantitative estimate of drug-likeness (QED) is 0.655. The summed E-state index contributed by atoms with van der Waals surface area (Å²) >= 11 is 0. The smallest absolute Gasteiger partial charge is 0.0543 e. The van der Waals surface area contributed by atoms with Gasteiger partial charge in [-0.1, -0.05) is 19.9 Å². The molecular formula is C23H44N6. The van der Waals surface area contributed by atoms with Gasteiger partial charge >= 0.3 is 0 Å².